The van der Waals surface area contributed by atoms with Crippen LogP contribution in [0.5, 0.6) is 17.2 Å². The van der Waals surface area contributed by atoms with Gasteiger partial charge in [0, 0.05) is 32.7 Å². The van der Waals surface area contributed by atoms with E-state index in [0.717, 1.165) is 55.5 Å². The number of benzene rings is 2. The maximum Gasteiger partial charge on any atom is 0.234 e. The molecule has 1 aliphatic rings. The summed E-state index contributed by atoms with van der Waals surface area (Å²) in [5.74, 6) is 2.37. The van der Waals surface area contributed by atoms with Crippen LogP contribution < -0.4 is 19.5 Å². The van der Waals surface area contributed by atoms with Gasteiger partial charge in [-0.15, -0.1) is 0 Å². The lowest BCUT2D eigenvalue weighted by Gasteiger charge is -2.34. The molecule has 0 spiro atoms. The number of carbonyl (C=O) groups is 1. The number of hydrogen-bond acceptors (Lipinski definition) is 6. The van der Waals surface area contributed by atoms with E-state index in [1.54, 1.807) is 14.2 Å². The van der Waals surface area contributed by atoms with Gasteiger partial charge in [0.05, 0.1) is 27.3 Å². The average molecular weight is 428 g/mol. The summed E-state index contributed by atoms with van der Waals surface area (Å²) in [5.41, 5.74) is 2.35. The van der Waals surface area contributed by atoms with Crippen molar-refractivity contribution in [3.63, 3.8) is 0 Å². The summed E-state index contributed by atoms with van der Waals surface area (Å²) < 4.78 is 16.4. The molecule has 31 heavy (non-hydrogen) atoms. The first-order chi connectivity index (χ1) is 15.1. The molecule has 0 saturated carbocycles. The Kier molecular flexibility index (Phi) is 8.55. The van der Waals surface area contributed by atoms with E-state index in [1.165, 1.54) is 5.56 Å². The van der Waals surface area contributed by atoms with Crippen LogP contribution in [-0.4, -0.2) is 75.8 Å². The second-order valence-corrected chi connectivity index (χ2v) is 7.76. The van der Waals surface area contributed by atoms with Crippen molar-refractivity contribution in [3.8, 4) is 17.2 Å². The van der Waals surface area contributed by atoms with Crippen molar-refractivity contribution in [2.45, 2.75) is 13.5 Å². The summed E-state index contributed by atoms with van der Waals surface area (Å²) in [5, 5.41) is 2.94. The fourth-order valence-electron chi connectivity index (χ4n) is 3.67. The number of nitrogens with one attached hydrogen (secondary N) is 1. The van der Waals surface area contributed by atoms with Crippen LogP contribution in [0.3, 0.4) is 0 Å². The minimum atomic E-state index is 0.0428. The largest absolute Gasteiger partial charge is 0.493 e. The third-order valence-electron chi connectivity index (χ3n) is 5.37. The number of piperazine rings is 1. The number of methoxy groups -OCH3 is 2. The molecule has 7 nitrogen and oxygen atoms in total. The Hall–Kier alpha value is -2.77. The Morgan fingerprint density at radius 2 is 1.71 bits per heavy atom. The quantitative estimate of drug-likeness (QED) is 0.587. The lowest BCUT2D eigenvalue weighted by molar-refractivity contribution is -0.122. The van der Waals surface area contributed by atoms with Crippen LogP contribution >= 0.6 is 0 Å². The van der Waals surface area contributed by atoms with Gasteiger partial charge in [-0.05, 0) is 42.3 Å². The Balaban J connectivity index is 1.33. The molecule has 1 saturated heterocycles. The van der Waals surface area contributed by atoms with Gasteiger partial charge in [0.25, 0.3) is 0 Å². The highest BCUT2D eigenvalue weighted by atomic mass is 16.5. The van der Waals surface area contributed by atoms with Crippen molar-refractivity contribution in [1.29, 1.82) is 0 Å². The number of carbonyl (C=O) groups excluding carboxylic acids is 1. The lowest BCUT2D eigenvalue weighted by atomic mass is 10.1. The highest BCUT2D eigenvalue weighted by molar-refractivity contribution is 5.78. The number of hydrogen-bond donors (Lipinski definition) is 1. The Morgan fingerprint density at radius 1 is 0.968 bits per heavy atom. The third-order valence-corrected chi connectivity index (χ3v) is 5.37. The minimum Gasteiger partial charge on any atom is -0.493 e. The van der Waals surface area contributed by atoms with Crippen LogP contribution in [0, 0.1) is 6.92 Å². The third kappa shape index (κ3) is 7.15. The molecule has 0 aromatic heterocycles. The number of amides is 1. The maximum atomic E-state index is 12.2. The van der Waals surface area contributed by atoms with Gasteiger partial charge in [0.2, 0.25) is 5.91 Å². The summed E-state index contributed by atoms with van der Waals surface area (Å²) in [7, 11) is 3.30. The monoisotopic (exact) mass is 427 g/mol. The van der Waals surface area contributed by atoms with Gasteiger partial charge in [-0.25, -0.2) is 0 Å². The highest BCUT2D eigenvalue weighted by Gasteiger charge is 2.19. The molecule has 0 radical (unpaired) electrons. The molecule has 168 valence electrons. The van der Waals surface area contributed by atoms with Crippen molar-refractivity contribution in [2.75, 3.05) is 60.1 Å². The zero-order chi connectivity index (χ0) is 22.1. The standard InChI is InChI=1S/C24H33N3O4/c1-19-5-4-6-21(15-19)31-14-9-25-24(28)18-27-12-10-26(11-13-27)17-20-7-8-22(29-2)23(16-20)30-3/h4-8,15-16H,9-14,17-18H2,1-3H3,(H,25,28). The van der Waals surface area contributed by atoms with Crippen molar-refractivity contribution in [3.05, 3.63) is 53.6 Å². The Morgan fingerprint density at radius 3 is 2.42 bits per heavy atom. The van der Waals surface area contributed by atoms with E-state index in [9.17, 15) is 4.79 Å². The van der Waals surface area contributed by atoms with E-state index in [-0.39, 0.29) is 5.91 Å². The normalized spacial score (nSPS) is 14.8. The lowest BCUT2D eigenvalue weighted by Crippen LogP contribution is -2.49. The van der Waals surface area contributed by atoms with Crippen molar-refractivity contribution < 1.29 is 19.0 Å². The molecular weight excluding hydrogens is 394 g/mol. The summed E-state index contributed by atoms with van der Waals surface area (Å²) >= 11 is 0. The molecule has 1 N–H and O–H groups in total. The molecule has 1 fully saturated rings. The first kappa shape index (κ1) is 22.9. The number of nitrogens with zero attached hydrogens (tertiary/aromatic N) is 2. The van der Waals surface area contributed by atoms with Gasteiger partial charge in [-0.1, -0.05) is 18.2 Å². The minimum absolute atomic E-state index is 0.0428. The molecule has 3 rings (SSSR count). The summed E-state index contributed by atoms with van der Waals surface area (Å²) in [6.45, 7) is 7.89. The molecular formula is C24H33N3O4. The van der Waals surface area contributed by atoms with E-state index >= 15 is 0 Å². The first-order valence-electron chi connectivity index (χ1n) is 10.7. The van der Waals surface area contributed by atoms with E-state index in [0.29, 0.717) is 19.7 Å². The van der Waals surface area contributed by atoms with Gasteiger partial charge < -0.3 is 19.5 Å². The van der Waals surface area contributed by atoms with Crippen LogP contribution in [0.25, 0.3) is 0 Å². The molecule has 0 aliphatic carbocycles. The van der Waals surface area contributed by atoms with Crippen molar-refractivity contribution in [2.24, 2.45) is 0 Å². The van der Waals surface area contributed by atoms with E-state index in [1.807, 2.05) is 43.3 Å². The van der Waals surface area contributed by atoms with Crippen molar-refractivity contribution >= 4 is 5.91 Å². The highest BCUT2D eigenvalue weighted by Crippen LogP contribution is 2.28. The summed E-state index contributed by atoms with van der Waals surface area (Å²) in [4.78, 5) is 16.8. The summed E-state index contributed by atoms with van der Waals surface area (Å²) in [6.07, 6.45) is 0. The second kappa shape index (κ2) is 11.6. The molecule has 0 unspecified atom stereocenters. The van der Waals surface area contributed by atoms with Crippen LogP contribution in [0.4, 0.5) is 0 Å². The Bertz CT molecular complexity index is 850. The predicted octanol–water partition coefficient (Wildman–Crippen LogP) is 2.33. The maximum absolute atomic E-state index is 12.2. The molecule has 1 aliphatic heterocycles. The molecule has 1 heterocycles. The second-order valence-electron chi connectivity index (χ2n) is 7.76. The topological polar surface area (TPSA) is 63.3 Å². The van der Waals surface area contributed by atoms with Crippen LogP contribution in [0.15, 0.2) is 42.5 Å². The molecule has 0 atom stereocenters. The van der Waals surface area contributed by atoms with E-state index < -0.39 is 0 Å². The smallest absolute Gasteiger partial charge is 0.234 e. The fourth-order valence-corrected chi connectivity index (χ4v) is 3.67. The number of aryl methyl sites for hydroxylation is 1. The molecule has 2 aromatic rings. The van der Waals surface area contributed by atoms with E-state index in [2.05, 4.69) is 21.2 Å². The Labute approximate surface area is 184 Å². The summed E-state index contributed by atoms with van der Waals surface area (Å²) in [6, 6.07) is 13.9. The van der Waals surface area contributed by atoms with Gasteiger partial charge in [-0.3, -0.25) is 14.6 Å². The fraction of sp³-hybridized carbons (Fsp3) is 0.458. The number of rotatable bonds is 10. The zero-order valence-electron chi connectivity index (χ0n) is 18.7. The average Bonchev–Trinajstić information content (AvgIpc) is 2.78. The van der Waals surface area contributed by atoms with Crippen LogP contribution in [0.1, 0.15) is 11.1 Å². The van der Waals surface area contributed by atoms with Crippen LogP contribution in [-0.2, 0) is 11.3 Å². The van der Waals surface area contributed by atoms with Gasteiger partial charge in [0.15, 0.2) is 11.5 Å². The van der Waals surface area contributed by atoms with Crippen molar-refractivity contribution in [1.82, 2.24) is 15.1 Å². The SMILES string of the molecule is COc1ccc(CN2CCN(CC(=O)NCCOc3cccc(C)c3)CC2)cc1OC. The van der Waals surface area contributed by atoms with E-state index in [4.69, 9.17) is 14.2 Å². The molecule has 0 bridgehead atoms. The van der Waals surface area contributed by atoms with Gasteiger partial charge in [0.1, 0.15) is 12.4 Å². The predicted molar refractivity (Wildman–Crippen MR) is 121 cm³/mol. The molecule has 1 amide bonds. The van der Waals surface area contributed by atoms with Gasteiger partial charge in [-0.2, -0.15) is 0 Å². The first-order valence-corrected chi connectivity index (χ1v) is 10.7. The zero-order valence-corrected chi connectivity index (χ0v) is 18.7. The molecule has 2 aromatic carbocycles. The van der Waals surface area contributed by atoms with Gasteiger partial charge >= 0.3 is 0 Å². The molecule has 7 heteroatoms. The van der Waals surface area contributed by atoms with Crippen LogP contribution in [0.2, 0.25) is 0 Å². The number of ether oxygens (including phenoxy) is 3.